The van der Waals surface area contributed by atoms with E-state index in [2.05, 4.69) is 0 Å². The zero-order chi connectivity index (χ0) is 18.0. The standard InChI is InChI=1S/C14H27NO9.ClH/c1-23-14-13(22)12(21)10(19)7(24-14)3-2-5-8(17)11(20)9(18)6(4-16)15-5;/h5-22H,2-4H2,1H3;1H/t5-,6+,7+,8-,9-,10+,11+,12-,13+,14-;/m0./s1. The van der Waals surface area contributed by atoms with E-state index < -0.39 is 61.1 Å². The molecule has 10 nitrogen and oxygen atoms in total. The van der Waals surface area contributed by atoms with Gasteiger partial charge in [-0.25, -0.2) is 0 Å². The number of rotatable bonds is 5. The lowest BCUT2D eigenvalue weighted by Crippen LogP contribution is -3.03. The van der Waals surface area contributed by atoms with Gasteiger partial charge in [0, 0.05) is 13.5 Å². The molecule has 2 saturated heterocycles. The van der Waals surface area contributed by atoms with Crippen LogP contribution in [0.25, 0.3) is 0 Å². The summed E-state index contributed by atoms with van der Waals surface area (Å²) in [6, 6.07) is -1.19. The first-order chi connectivity index (χ1) is 11.3. The summed E-state index contributed by atoms with van der Waals surface area (Å²) in [6.45, 7) is -0.360. The van der Waals surface area contributed by atoms with Crippen LogP contribution in [-0.2, 0) is 9.47 Å². The summed E-state index contributed by atoms with van der Waals surface area (Å²) in [4.78, 5) is 0. The summed E-state index contributed by atoms with van der Waals surface area (Å²) >= 11 is 0. The maximum Gasteiger partial charge on any atom is 0.186 e. The Labute approximate surface area is 151 Å². The highest BCUT2D eigenvalue weighted by atomic mass is 35.5. The van der Waals surface area contributed by atoms with E-state index in [0.29, 0.717) is 0 Å². The third-order valence-electron chi connectivity index (χ3n) is 4.97. The highest BCUT2D eigenvalue weighted by Gasteiger charge is 2.47. The Morgan fingerprint density at radius 2 is 1.36 bits per heavy atom. The van der Waals surface area contributed by atoms with Crippen LogP contribution < -0.4 is 17.7 Å². The van der Waals surface area contributed by atoms with Crippen LogP contribution in [0.5, 0.6) is 0 Å². The highest BCUT2D eigenvalue weighted by Crippen LogP contribution is 2.25. The minimum absolute atomic E-state index is 0. The molecule has 2 aliphatic rings. The first-order valence-corrected chi connectivity index (χ1v) is 8.04. The van der Waals surface area contributed by atoms with Crippen LogP contribution in [0.2, 0.25) is 0 Å². The summed E-state index contributed by atoms with van der Waals surface area (Å²) in [5, 5.41) is 70.1. The van der Waals surface area contributed by atoms with E-state index in [0.717, 1.165) is 0 Å². The maximum absolute atomic E-state index is 10.1. The van der Waals surface area contributed by atoms with Crippen LogP contribution in [0, 0.1) is 0 Å². The van der Waals surface area contributed by atoms with Gasteiger partial charge in [-0.3, -0.25) is 0 Å². The molecule has 11 heteroatoms. The lowest BCUT2D eigenvalue weighted by molar-refractivity contribution is -0.749. The fourth-order valence-electron chi connectivity index (χ4n) is 3.40. The summed E-state index contributed by atoms with van der Waals surface area (Å²) < 4.78 is 10.3. The van der Waals surface area contributed by atoms with Crippen LogP contribution >= 0.6 is 0 Å². The number of quaternary nitrogens is 1. The van der Waals surface area contributed by atoms with Crippen molar-refractivity contribution in [3.8, 4) is 0 Å². The van der Waals surface area contributed by atoms with E-state index in [1.807, 2.05) is 0 Å². The van der Waals surface area contributed by atoms with Gasteiger partial charge in [0.25, 0.3) is 0 Å². The molecule has 10 atom stereocenters. The number of hydrogen-bond donors (Lipinski definition) is 8. The first kappa shape index (κ1) is 22.9. The molecular formula is C14H28ClNO9. The number of aliphatic hydroxyl groups is 7. The molecule has 0 unspecified atom stereocenters. The Bertz CT molecular complexity index is 366. The molecule has 0 radical (unpaired) electrons. The van der Waals surface area contributed by atoms with Gasteiger partial charge in [-0.2, -0.15) is 0 Å². The van der Waals surface area contributed by atoms with Crippen molar-refractivity contribution in [1.29, 1.82) is 0 Å². The van der Waals surface area contributed by atoms with E-state index >= 15 is 0 Å². The van der Waals surface area contributed by atoms with Crippen LogP contribution in [-0.4, -0.2) is 111 Å². The molecule has 150 valence electrons. The maximum atomic E-state index is 10.1. The van der Waals surface area contributed by atoms with Gasteiger partial charge in [0.05, 0.1) is 12.7 Å². The molecule has 0 aromatic heterocycles. The molecule has 0 aliphatic carbocycles. The van der Waals surface area contributed by atoms with Gasteiger partial charge in [0.1, 0.15) is 48.7 Å². The zero-order valence-electron chi connectivity index (χ0n) is 13.8. The van der Waals surface area contributed by atoms with E-state index in [1.165, 1.54) is 7.11 Å². The minimum Gasteiger partial charge on any atom is -1.00 e. The molecule has 0 aromatic rings. The molecule has 0 aromatic carbocycles. The molecular weight excluding hydrogens is 362 g/mol. The van der Waals surface area contributed by atoms with E-state index in [-0.39, 0.29) is 31.9 Å². The molecule has 2 rings (SSSR count). The van der Waals surface area contributed by atoms with Gasteiger partial charge in [0.15, 0.2) is 6.29 Å². The van der Waals surface area contributed by atoms with Gasteiger partial charge in [-0.15, -0.1) is 0 Å². The number of hydrogen-bond acceptors (Lipinski definition) is 9. The predicted molar refractivity (Wildman–Crippen MR) is 77.5 cm³/mol. The predicted octanol–water partition coefficient (Wildman–Crippen LogP) is -8.39. The van der Waals surface area contributed by atoms with Crippen LogP contribution in [0.1, 0.15) is 12.8 Å². The third kappa shape index (κ3) is 4.79. The Balaban J connectivity index is 0.00000312. The largest absolute Gasteiger partial charge is 1.00 e. The molecule has 9 N–H and O–H groups in total. The SMILES string of the molecule is CO[C@H]1O[C@H](CC[C@@H]2[NH2+][C@H](CO)[C@H](O)[C@H](O)[C@H]2O)[C@@H](O)[C@H](O)[C@H]1O.[Cl-]. The fraction of sp³-hybridized carbons (Fsp3) is 1.00. The monoisotopic (exact) mass is 389 g/mol. The molecule has 0 saturated carbocycles. The second-order valence-corrected chi connectivity index (χ2v) is 6.50. The van der Waals surface area contributed by atoms with Crippen molar-refractivity contribution in [3.05, 3.63) is 0 Å². The van der Waals surface area contributed by atoms with Gasteiger partial charge < -0.3 is 62.9 Å². The highest BCUT2D eigenvalue weighted by molar-refractivity contribution is 4.92. The molecule has 0 amide bonds. The molecule has 0 spiro atoms. The quantitative estimate of drug-likeness (QED) is 0.227. The van der Waals surface area contributed by atoms with Crippen molar-refractivity contribution in [2.45, 2.75) is 73.9 Å². The average molecular weight is 390 g/mol. The van der Waals surface area contributed by atoms with Gasteiger partial charge in [-0.1, -0.05) is 0 Å². The Morgan fingerprint density at radius 1 is 0.800 bits per heavy atom. The van der Waals surface area contributed by atoms with E-state index in [4.69, 9.17) is 9.47 Å². The number of aliphatic hydroxyl groups excluding tert-OH is 7. The first-order valence-electron chi connectivity index (χ1n) is 8.04. The van der Waals surface area contributed by atoms with Gasteiger partial charge >= 0.3 is 0 Å². The molecule has 2 aliphatic heterocycles. The lowest BCUT2D eigenvalue weighted by Gasteiger charge is -2.41. The summed E-state index contributed by atoms with van der Waals surface area (Å²) in [5.74, 6) is 0. The topological polar surface area (TPSA) is 177 Å². The number of ether oxygens (including phenoxy) is 2. The van der Waals surface area contributed by atoms with Crippen LogP contribution in [0.4, 0.5) is 0 Å². The summed E-state index contributed by atoms with van der Waals surface area (Å²) in [7, 11) is 1.30. The van der Waals surface area contributed by atoms with E-state index in [1.54, 1.807) is 5.32 Å². The third-order valence-corrected chi connectivity index (χ3v) is 4.97. The summed E-state index contributed by atoms with van der Waals surface area (Å²) in [5.41, 5.74) is 0. The molecule has 0 bridgehead atoms. The zero-order valence-corrected chi connectivity index (χ0v) is 14.6. The van der Waals surface area contributed by atoms with Crippen molar-refractivity contribution in [3.63, 3.8) is 0 Å². The second kappa shape index (κ2) is 9.72. The number of piperidine rings is 1. The summed E-state index contributed by atoms with van der Waals surface area (Å²) in [6.07, 6.45) is -9.37. The Kier molecular flexibility index (Phi) is 8.91. The van der Waals surface area contributed by atoms with Crippen molar-refractivity contribution in [2.24, 2.45) is 0 Å². The second-order valence-electron chi connectivity index (χ2n) is 6.50. The number of methoxy groups -OCH3 is 1. The van der Waals surface area contributed by atoms with Gasteiger partial charge in [0.2, 0.25) is 0 Å². The number of halogens is 1. The van der Waals surface area contributed by atoms with Crippen LogP contribution in [0.15, 0.2) is 0 Å². The minimum atomic E-state index is -1.42. The van der Waals surface area contributed by atoms with Crippen LogP contribution in [0.3, 0.4) is 0 Å². The van der Waals surface area contributed by atoms with Crippen molar-refractivity contribution < 1.29 is 62.9 Å². The lowest BCUT2D eigenvalue weighted by atomic mass is 9.86. The van der Waals surface area contributed by atoms with Crippen molar-refractivity contribution in [2.75, 3.05) is 13.7 Å². The van der Waals surface area contributed by atoms with Crippen molar-refractivity contribution in [1.82, 2.24) is 0 Å². The normalized spacial score (nSPS) is 48.0. The molecule has 2 fully saturated rings. The van der Waals surface area contributed by atoms with Gasteiger partial charge in [-0.05, 0) is 6.42 Å². The molecule has 2 heterocycles. The fourth-order valence-corrected chi connectivity index (χ4v) is 3.40. The smallest absolute Gasteiger partial charge is 0.186 e. The Morgan fingerprint density at radius 3 is 1.92 bits per heavy atom. The van der Waals surface area contributed by atoms with Crippen molar-refractivity contribution >= 4 is 0 Å². The van der Waals surface area contributed by atoms with E-state index in [9.17, 15) is 35.7 Å². The Hall–Kier alpha value is -0.110. The molecule has 25 heavy (non-hydrogen) atoms. The average Bonchev–Trinajstić information content (AvgIpc) is 2.58. The number of nitrogens with two attached hydrogens (primary N) is 1.